The zero-order valence-corrected chi connectivity index (χ0v) is 20.2. The highest BCUT2D eigenvalue weighted by Gasteiger charge is 2.31. The fourth-order valence-electron chi connectivity index (χ4n) is 3.05. The van der Waals surface area contributed by atoms with E-state index in [-0.39, 0.29) is 24.3 Å². The second-order valence-electron chi connectivity index (χ2n) is 9.66. The number of ether oxygens (including phenoxy) is 2. The number of hydrogen-bond acceptors (Lipinski definition) is 5. The van der Waals surface area contributed by atoms with E-state index in [0.717, 1.165) is 25.8 Å². The van der Waals surface area contributed by atoms with Gasteiger partial charge in [-0.2, -0.15) is 0 Å². The van der Waals surface area contributed by atoms with Gasteiger partial charge in [0.2, 0.25) is 0 Å². The maximum absolute atomic E-state index is 12.3. The van der Waals surface area contributed by atoms with E-state index in [0.29, 0.717) is 5.92 Å². The highest BCUT2D eigenvalue weighted by atomic mass is 79.9. The molecule has 1 aliphatic rings. The molecule has 1 saturated carbocycles. The highest BCUT2D eigenvalue weighted by Crippen LogP contribution is 2.46. The summed E-state index contributed by atoms with van der Waals surface area (Å²) in [6.07, 6.45) is 2.13. The SMILES string of the molecule is Cc1cc2nc(C3CC3)sc2c(Br)c1C(COC(=O)C(C)(C)C)OC(C)(C)C. The molecule has 0 spiro atoms. The van der Waals surface area contributed by atoms with Crippen molar-refractivity contribution in [2.75, 3.05) is 6.61 Å². The Bertz CT molecular complexity index is 888. The predicted molar refractivity (Wildman–Crippen MR) is 118 cm³/mol. The first-order valence-corrected chi connectivity index (χ1v) is 11.4. The summed E-state index contributed by atoms with van der Waals surface area (Å²) in [5, 5.41) is 1.22. The molecule has 28 heavy (non-hydrogen) atoms. The van der Waals surface area contributed by atoms with Crippen molar-refractivity contribution < 1.29 is 14.3 Å². The minimum Gasteiger partial charge on any atom is -0.462 e. The van der Waals surface area contributed by atoms with Gasteiger partial charge in [-0.1, -0.05) is 0 Å². The number of aryl methyl sites for hydroxylation is 1. The van der Waals surface area contributed by atoms with Crippen molar-refractivity contribution in [1.29, 1.82) is 0 Å². The summed E-state index contributed by atoms with van der Waals surface area (Å²) in [5.74, 6) is 0.404. The third-order valence-electron chi connectivity index (χ3n) is 4.61. The molecule has 1 aromatic heterocycles. The van der Waals surface area contributed by atoms with Crippen molar-refractivity contribution in [3.63, 3.8) is 0 Å². The van der Waals surface area contributed by atoms with Crippen molar-refractivity contribution in [2.24, 2.45) is 5.41 Å². The van der Waals surface area contributed by atoms with Crippen LogP contribution in [0.2, 0.25) is 0 Å². The van der Waals surface area contributed by atoms with Gasteiger partial charge in [0, 0.05) is 16.0 Å². The van der Waals surface area contributed by atoms with E-state index in [4.69, 9.17) is 14.5 Å². The Morgan fingerprint density at radius 2 is 1.93 bits per heavy atom. The second kappa shape index (κ2) is 7.69. The fourth-order valence-corrected chi connectivity index (χ4v) is 5.23. The lowest BCUT2D eigenvalue weighted by atomic mass is 9.97. The molecule has 0 saturated heterocycles. The molecule has 1 aliphatic carbocycles. The van der Waals surface area contributed by atoms with Crippen LogP contribution in [0.1, 0.15) is 82.5 Å². The Hall–Kier alpha value is -0.980. The topological polar surface area (TPSA) is 48.4 Å². The number of carbonyl (C=O) groups is 1. The van der Waals surface area contributed by atoms with Crippen LogP contribution in [0.25, 0.3) is 10.2 Å². The largest absolute Gasteiger partial charge is 0.462 e. The molecule has 4 nitrogen and oxygen atoms in total. The molecular weight excluding hydrogens is 438 g/mol. The number of fused-ring (bicyclic) bond motifs is 1. The normalized spacial score (nSPS) is 16.4. The van der Waals surface area contributed by atoms with Crippen LogP contribution >= 0.6 is 27.3 Å². The molecule has 1 heterocycles. The summed E-state index contributed by atoms with van der Waals surface area (Å²) in [5.41, 5.74) is 2.25. The van der Waals surface area contributed by atoms with Crippen molar-refractivity contribution in [2.45, 2.75) is 78.9 Å². The predicted octanol–water partition coefficient (Wildman–Crippen LogP) is 6.69. The van der Waals surface area contributed by atoms with Crippen LogP contribution in [0.3, 0.4) is 0 Å². The van der Waals surface area contributed by atoms with E-state index in [1.165, 1.54) is 17.8 Å². The van der Waals surface area contributed by atoms with Crippen LogP contribution in [-0.2, 0) is 14.3 Å². The van der Waals surface area contributed by atoms with Gasteiger partial charge in [0.05, 0.1) is 26.2 Å². The number of benzene rings is 1. The molecule has 0 radical (unpaired) electrons. The average Bonchev–Trinajstić information content (AvgIpc) is 3.30. The van der Waals surface area contributed by atoms with Crippen LogP contribution in [0.5, 0.6) is 0 Å². The summed E-state index contributed by atoms with van der Waals surface area (Å²) in [7, 11) is 0. The van der Waals surface area contributed by atoms with Crippen molar-refractivity contribution >= 4 is 43.5 Å². The number of carbonyl (C=O) groups excluding carboxylic acids is 1. The van der Waals surface area contributed by atoms with Crippen LogP contribution in [0.4, 0.5) is 0 Å². The van der Waals surface area contributed by atoms with Gasteiger partial charge in [-0.3, -0.25) is 4.79 Å². The Morgan fingerprint density at radius 1 is 1.29 bits per heavy atom. The summed E-state index contributed by atoms with van der Waals surface area (Å²) in [6, 6.07) is 2.13. The maximum atomic E-state index is 12.3. The molecular formula is C22H30BrNO3S. The molecule has 0 aliphatic heterocycles. The van der Waals surface area contributed by atoms with Gasteiger partial charge in [-0.15, -0.1) is 11.3 Å². The third-order valence-corrected chi connectivity index (χ3v) is 6.94. The Morgan fingerprint density at radius 3 is 2.46 bits per heavy atom. The Kier molecular flexibility index (Phi) is 5.97. The van der Waals surface area contributed by atoms with Gasteiger partial charge < -0.3 is 9.47 Å². The number of thiazole rings is 1. The third kappa shape index (κ3) is 4.95. The van der Waals surface area contributed by atoms with Crippen LogP contribution in [-0.4, -0.2) is 23.2 Å². The van der Waals surface area contributed by atoms with Crippen LogP contribution in [0, 0.1) is 12.3 Å². The van der Waals surface area contributed by atoms with Crippen molar-refractivity contribution in [3.8, 4) is 0 Å². The highest BCUT2D eigenvalue weighted by molar-refractivity contribution is 9.10. The molecule has 0 N–H and O–H groups in total. The summed E-state index contributed by atoms with van der Waals surface area (Å²) in [4.78, 5) is 17.2. The second-order valence-corrected chi connectivity index (χ2v) is 11.5. The average molecular weight is 468 g/mol. The summed E-state index contributed by atoms with van der Waals surface area (Å²) >= 11 is 5.58. The van der Waals surface area contributed by atoms with Crippen molar-refractivity contribution in [3.05, 3.63) is 26.7 Å². The van der Waals surface area contributed by atoms with Crippen LogP contribution in [0.15, 0.2) is 10.5 Å². The molecule has 154 valence electrons. The first kappa shape index (κ1) is 21.7. The standard InChI is InChI=1S/C22H30BrNO3S/c1-12-10-14-18(28-19(24-14)13-8-9-13)17(23)16(12)15(27-22(5,6)7)11-26-20(25)21(2,3)4/h10,13,15H,8-9,11H2,1-7H3. The van der Waals surface area contributed by atoms with E-state index in [1.54, 1.807) is 11.3 Å². The minimum absolute atomic E-state index is 0.187. The van der Waals surface area contributed by atoms with Gasteiger partial charge >= 0.3 is 5.97 Å². The smallest absolute Gasteiger partial charge is 0.311 e. The molecule has 1 atom stereocenters. The molecule has 3 rings (SSSR count). The van der Waals surface area contributed by atoms with E-state index >= 15 is 0 Å². The molecule has 0 amide bonds. The zero-order valence-electron chi connectivity index (χ0n) is 17.8. The molecule has 0 bridgehead atoms. The van der Waals surface area contributed by atoms with Gasteiger partial charge in [-0.25, -0.2) is 4.98 Å². The maximum Gasteiger partial charge on any atom is 0.311 e. The van der Waals surface area contributed by atoms with E-state index < -0.39 is 5.41 Å². The summed E-state index contributed by atoms with van der Waals surface area (Å²) in [6.45, 7) is 13.9. The lowest BCUT2D eigenvalue weighted by Gasteiger charge is -2.30. The molecule has 1 fully saturated rings. The first-order valence-electron chi connectivity index (χ1n) is 9.81. The Labute approximate surface area is 180 Å². The number of esters is 1. The zero-order chi connectivity index (χ0) is 20.9. The fraction of sp³-hybridized carbons (Fsp3) is 0.636. The van der Waals surface area contributed by atoms with Crippen molar-refractivity contribution in [1.82, 2.24) is 4.98 Å². The minimum atomic E-state index is -0.542. The van der Waals surface area contributed by atoms with E-state index in [9.17, 15) is 4.79 Å². The molecule has 2 aromatic rings. The molecule has 1 aromatic carbocycles. The molecule has 1 unspecified atom stereocenters. The van der Waals surface area contributed by atoms with Gasteiger partial charge in [-0.05, 0) is 88.9 Å². The number of aromatic nitrogens is 1. The Balaban J connectivity index is 1.98. The lowest BCUT2D eigenvalue weighted by Crippen LogP contribution is -2.29. The van der Waals surface area contributed by atoms with Gasteiger partial charge in [0.25, 0.3) is 0 Å². The van der Waals surface area contributed by atoms with Crippen LogP contribution < -0.4 is 0 Å². The number of nitrogens with zero attached hydrogens (tertiary/aromatic N) is 1. The first-order chi connectivity index (χ1) is 12.9. The van der Waals surface area contributed by atoms with E-state index in [2.05, 4.69) is 28.9 Å². The lowest BCUT2D eigenvalue weighted by molar-refractivity contribution is -0.162. The van der Waals surface area contributed by atoms with Gasteiger partial charge in [0.15, 0.2) is 0 Å². The quantitative estimate of drug-likeness (QED) is 0.459. The molecule has 6 heteroatoms. The number of rotatable bonds is 5. The number of halogens is 1. The van der Waals surface area contributed by atoms with E-state index in [1.807, 2.05) is 41.5 Å². The summed E-state index contributed by atoms with van der Waals surface area (Å²) < 4.78 is 14.1. The monoisotopic (exact) mass is 467 g/mol. The number of hydrogen-bond donors (Lipinski definition) is 0. The van der Waals surface area contributed by atoms with Gasteiger partial charge in [0.1, 0.15) is 12.7 Å².